The number of unbranched alkanes of at least 4 members (excludes halogenated alkanes) is 1. The Labute approximate surface area is 243 Å². The minimum atomic E-state index is 0.861. The minimum absolute atomic E-state index is 0.861. The van der Waals surface area contributed by atoms with Gasteiger partial charge in [0.05, 0.1) is 30.9 Å². The topological polar surface area (TPSA) is 22.8 Å². The lowest BCUT2D eigenvalue weighted by Crippen LogP contribution is -2.42. The number of benzene rings is 3. The van der Waals surface area contributed by atoms with Crippen molar-refractivity contribution < 1.29 is 9.30 Å². The normalized spacial score (nSPS) is 13.8. The summed E-state index contributed by atoms with van der Waals surface area (Å²) in [5.41, 5.74) is 4.78. The standard InChI is InChI=1S/C34H41N4OS/c1-6-7-21-37(22-13-20-35(2)3)33-23-26(24-34-36(4)30-16-11-12-17-32(30)40-34)29-19-18-28(39-5)25-31(29)38(33)27-14-9-8-10-15-27/h8-12,14-19,23-25H,6-7,13,20-22H2,1-5H3/q+1. The molecule has 0 saturated carbocycles. The smallest absolute Gasteiger partial charge is 0.282 e. The summed E-state index contributed by atoms with van der Waals surface area (Å²) >= 11 is 1.84. The van der Waals surface area contributed by atoms with Gasteiger partial charge < -0.3 is 14.5 Å². The molecule has 6 heteroatoms. The van der Waals surface area contributed by atoms with Crippen molar-refractivity contribution in [3.63, 3.8) is 0 Å². The molecule has 0 aliphatic carbocycles. The molecule has 5 rings (SSSR count). The third-order valence-corrected chi connectivity index (χ3v) is 8.64. The maximum absolute atomic E-state index is 5.74. The van der Waals surface area contributed by atoms with Crippen LogP contribution in [0.4, 0.5) is 11.5 Å². The fourth-order valence-electron chi connectivity index (χ4n) is 5.32. The Morgan fingerprint density at radius 2 is 1.65 bits per heavy atom. The zero-order chi connectivity index (χ0) is 28.1. The highest BCUT2D eigenvalue weighted by Gasteiger charge is 2.27. The van der Waals surface area contributed by atoms with Crippen LogP contribution in [0, 0.1) is 0 Å². The maximum Gasteiger partial charge on any atom is 0.282 e. The van der Waals surface area contributed by atoms with Crippen LogP contribution in [0.15, 0.2) is 88.8 Å². The van der Waals surface area contributed by atoms with Gasteiger partial charge in [-0.05, 0) is 75.0 Å². The monoisotopic (exact) mass is 553 g/mol. The van der Waals surface area contributed by atoms with Crippen LogP contribution < -0.4 is 19.1 Å². The lowest BCUT2D eigenvalue weighted by Gasteiger charge is -2.23. The summed E-state index contributed by atoms with van der Waals surface area (Å²) in [4.78, 5) is 8.46. The zero-order valence-electron chi connectivity index (χ0n) is 24.4. The molecule has 0 N–H and O–H groups in total. The number of nitrogens with zero attached hydrogens (tertiary/aromatic N) is 4. The Morgan fingerprint density at radius 3 is 2.38 bits per heavy atom. The van der Waals surface area contributed by atoms with Crippen molar-refractivity contribution in [3.8, 4) is 11.4 Å². The zero-order valence-corrected chi connectivity index (χ0v) is 25.2. The molecular weight excluding hydrogens is 512 g/mol. The van der Waals surface area contributed by atoms with E-state index < -0.39 is 0 Å². The molecule has 4 aromatic rings. The number of aromatic nitrogens is 1. The van der Waals surface area contributed by atoms with Crippen molar-refractivity contribution >= 4 is 40.2 Å². The van der Waals surface area contributed by atoms with Gasteiger partial charge in [0.2, 0.25) is 0 Å². The third-order valence-electron chi connectivity index (χ3n) is 7.47. The number of thioether (sulfide) groups is 1. The first kappa shape index (κ1) is 28.1. The largest absolute Gasteiger partial charge is 0.497 e. The van der Waals surface area contributed by atoms with Gasteiger partial charge in [-0.15, -0.1) is 0 Å². The number of rotatable bonds is 11. The second-order valence-electron chi connectivity index (χ2n) is 10.6. The third kappa shape index (κ3) is 5.98. The summed E-state index contributed by atoms with van der Waals surface area (Å²) in [6, 6.07) is 28.2. The van der Waals surface area contributed by atoms with E-state index in [-0.39, 0.29) is 0 Å². The first-order valence-electron chi connectivity index (χ1n) is 14.2. The highest BCUT2D eigenvalue weighted by Crippen LogP contribution is 2.46. The molecular formula is C34H41N4OS+. The maximum atomic E-state index is 5.74. The van der Waals surface area contributed by atoms with Gasteiger partial charge in [0, 0.05) is 36.0 Å². The number of fused-ring (bicyclic) bond motifs is 2. The number of hydrogen-bond donors (Lipinski definition) is 0. The van der Waals surface area contributed by atoms with Crippen LogP contribution in [0.5, 0.6) is 5.75 Å². The number of ether oxygens (including phenoxy) is 1. The molecule has 1 aliphatic rings. The second kappa shape index (κ2) is 12.8. The van der Waals surface area contributed by atoms with Crippen LogP contribution in [-0.4, -0.2) is 52.8 Å². The average molecular weight is 554 g/mol. The molecule has 5 nitrogen and oxygen atoms in total. The molecule has 208 valence electrons. The van der Waals surface area contributed by atoms with Crippen molar-refractivity contribution in [2.24, 2.45) is 0 Å². The molecule has 0 amide bonds. The van der Waals surface area contributed by atoms with Crippen LogP contribution in [0.25, 0.3) is 22.7 Å². The van der Waals surface area contributed by atoms with Crippen molar-refractivity contribution in [3.05, 3.63) is 89.5 Å². The molecule has 3 aromatic carbocycles. The molecule has 0 spiro atoms. The van der Waals surface area contributed by atoms with Crippen LogP contribution >= 0.6 is 11.8 Å². The quantitative estimate of drug-likeness (QED) is 0.182. The lowest BCUT2D eigenvalue weighted by molar-refractivity contribution is -0.553. The lowest BCUT2D eigenvalue weighted by atomic mass is 10.1. The van der Waals surface area contributed by atoms with Gasteiger partial charge >= 0.3 is 0 Å². The van der Waals surface area contributed by atoms with E-state index in [2.05, 4.69) is 132 Å². The summed E-state index contributed by atoms with van der Waals surface area (Å²) in [7, 11) is 8.22. The molecule has 0 radical (unpaired) electrons. The van der Waals surface area contributed by atoms with Crippen molar-refractivity contribution in [1.82, 2.24) is 4.90 Å². The fraction of sp³-hybridized carbons (Fsp3) is 0.324. The van der Waals surface area contributed by atoms with Gasteiger partial charge in [-0.3, -0.25) is 4.90 Å². The predicted molar refractivity (Wildman–Crippen MR) is 171 cm³/mol. The highest BCUT2D eigenvalue weighted by molar-refractivity contribution is 8.03. The molecule has 2 heterocycles. The second-order valence-corrected chi connectivity index (χ2v) is 11.7. The molecule has 0 bridgehead atoms. The van der Waals surface area contributed by atoms with Crippen LogP contribution in [0.2, 0.25) is 0 Å². The van der Waals surface area contributed by atoms with Crippen molar-refractivity contribution in [1.29, 1.82) is 0 Å². The van der Waals surface area contributed by atoms with E-state index in [1.807, 2.05) is 11.8 Å². The molecule has 0 fully saturated rings. The highest BCUT2D eigenvalue weighted by atomic mass is 32.2. The molecule has 0 saturated heterocycles. The van der Waals surface area contributed by atoms with Gasteiger partial charge in [0.1, 0.15) is 17.0 Å². The summed E-state index contributed by atoms with van der Waals surface area (Å²) in [5, 5.41) is 2.43. The fourth-order valence-corrected chi connectivity index (χ4v) is 6.42. The van der Waals surface area contributed by atoms with Gasteiger partial charge in [0.15, 0.2) is 0 Å². The van der Waals surface area contributed by atoms with Crippen molar-refractivity contribution in [2.75, 3.05) is 57.7 Å². The Hall–Kier alpha value is -3.48. The number of hydrogen-bond acceptors (Lipinski definition) is 5. The summed E-state index contributed by atoms with van der Waals surface area (Å²) in [6.07, 6.45) is 5.77. The van der Waals surface area contributed by atoms with E-state index in [1.54, 1.807) is 7.11 Å². The molecule has 1 aliphatic heterocycles. The van der Waals surface area contributed by atoms with E-state index in [0.717, 1.165) is 55.9 Å². The van der Waals surface area contributed by atoms with Gasteiger partial charge in [-0.2, -0.15) is 4.57 Å². The predicted octanol–water partition coefficient (Wildman–Crippen LogP) is 7.22. The first-order valence-corrected chi connectivity index (χ1v) is 15.1. The summed E-state index contributed by atoms with van der Waals surface area (Å²) < 4.78 is 8.16. The Bertz CT molecular complexity index is 1480. The Morgan fingerprint density at radius 1 is 0.900 bits per heavy atom. The molecule has 0 atom stereocenters. The Kier molecular flexibility index (Phi) is 8.98. The van der Waals surface area contributed by atoms with Gasteiger partial charge in [0.25, 0.3) is 5.82 Å². The summed E-state index contributed by atoms with van der Waals surface area (Å²) in [6.45, 7) is 5.35. The van der Waals surface area contributed by atoms with E-state index in [0.29, 0.717) is 0 Å². The van der Waals surface area contributed by atoms with Gasteiger partial charge in [-0.1, -0.05) is 55.4 Å². The number of methoxy groups -OCH3 is 1. The van der Waals surface area contributed by atoms with Gasteiger partial charge in [-0.25, -0.2) is 0 Å². The van der Waals surface area contributed by atoms with E-state index in [4.69, 9.17) is 4.74 Å². The van der Waals surface area contributed by atoms with E-state index in [9.17, 15) is 0 Å². The van der Waals surface area contributed by atoms with E-state index in [1.165, 1.54) is 32.4 Å². The van der Waals surface area contributed by atoms with Crippen LogP contribution in [0.3, 0.4) is 0 Å². The summed E-state index contributed by atoms with van der Waals surface area (Å²) in [5.74, 6) is 2.08. The molecule has 40 heavy (non-hydrogen) atoms. The molecule has 0 unspecified atom stereocenters. The Balaban J connectivity index is 1.73. The number of anilines is 2. The minimum Gasteiger partial charge on any atom is -0.497 e. The van der Waals surface area contributed by atoms with Crippen LogP contribution in [0.1, 0.15) is 31.7 Å². The average Bonchev–Trinajstić information content (AvgIpc) is 3.29. The van der Waals surface area contributed by atoms with E-state index >= 15 is 0 Å². The number of para-hydroxylation sites is 2. The number of pyridine rings is 1. The van der Waals surface area contributed by atoms with Crippen LogP contribution in [-0.2, 0) is 0 Å². The van der Waals surface area contributed by atoms with Crippen molar-refractivity contribution in [2.45, 2.75) is 31.1 Å². The molecule has 1 aromatic heterocycles. The first-order chi connectivity index (χ1) is 19.5. The SMILES string of the molecule is CCCCN(CCCN(C)C)c1cc(C=C2Sc3ccccc3N2C)c2ccc(OC)cc2[n+]1-c1ccccc1.